The number of aliphatic hydroxyl groups is 1. The molecule has 174 valence electrons. The number of likely N-dealkylation sites (tertiary alicyclic amines) is 1. The van der Waals surface area contributed by atoms with Gasteiger partial charge in [-0.3, -0.25) is 10.1 Å². The fourth-order valence-corrected chi connectivity index (χ4v) is 8.15. The van der Waals surface area contributed by atoms with Crippen molar-refractivity contribution in [3.8, 4) is 11.5 Å². The highest BCUT2D eigenvalue weighted by Gasteiger charge is 2.74. The van der Waals surface area contributed by atoms with Crippen LogP contribution in [0.15, 0.2) is 12.1 Å². The predicted octanol–water partition coefficient (Wildman–Crippen LogP) is 2.36. The Bertz CT molecular complexity index is 966. The Labute approximate surface area is 189 Å². The number of ether oxygens (including phenoxy) is 3. The molecule has 6 rings (SSSR count). The van der Waals surface area contributed by atoms with E-state index in [0.29, 0.717) is 19.4 Å². The molecule has 1 saturated carbocycles. The third kappa shape index (κ3) is 2.40. The van der Waals surface area contributed by atoms with E-state index in [4.69, 9.17) is 14.2 Å². The van der Waals surface area contributed by atoms with Crippen molar-refractivity contribution < 1.29 is 24.1 Å². The van der Waals surface area contributed by atoms with Crippen LogP contribution in [0.1, 0.15) is 57.2 Å². The van der Waals surface area contributed by atoms with Crippen molar-refractivity contribution in [2.75, 3.05) is 27.0 Å². The maximum Gasteiger partial charge on any atom is 0.326 e. The number of fused-ring (bicyclic) bond motifs is 3. The van der Waals surface area contributed by atoms with Crippen LogP contribution >= 0.6 is 0 Å². The van der Waals surface area contributed by atoms with Crippen molar-refractivity contribution in [3.63, 3.8) is 0 Å². The number of likely N-dealkylation sites (N-methyl/N-ethyl adjacent to an activating group) is 1. The van der Waals surface area contributed by atoms with Crippen molar-refractivity contribution in [1.29, 1.82) is 0 Å². The number of hydrogen-bond donors (Lipinski definition) is 2. The lowest BCUT2D eigenvalue weighted by molar-refractivity contribution is -0.158. The Morgan fingerprint density at radius 2 is 2.06 bits per heavy atom. The molecule has 5 aliphatic rings. The number of aliphatic hydroxyl groups excluding tert-OH is 1. The minimum Gasteiger partial charge on any atom is -0.465 e. The highest BCUT2D eigenvalue weighted by molar-refractivity contribution is 5.83. The summed E-state index contributed by atoms with van der Waals surface area (Å²) in [5.74, 6) is 1.59. The normalized spacial score (nSPS) is 41.0. The number of carbonyl (C=O) groups excluding carboxylic acids is 1. The van der Waals surface area contributed by atoms with E-state index in [1.165, 1.54) is 11.1 Å². The van der Waals surface area contributed by atoms with E-state index < -0.39 is 11.6 Å². The first-order chi connectivity index (χ1) is 15.3. The van der Waals surface area contributed by atoms with Crippen molar-refractivity contribution in [1.82, 2.24) is 10.2 Å². The quantitative estimate of drug-likeness (QED) is 0.693. The van der Waals surface area contributed by atoms with Gasteiger partial charge in [0.25, 0.3) is 0 Å². The second kappa shape index (κ2) is 6.84. The Morgan fingerprint density at radius 1 is 1.31 bits per heavy atom. The number of esters is 1. The summed E-state index contributed by atoms with van der Waals surface area (Å²) in [7, 11) is 2.17. The molecule has 7 atom stereocenters. The second-order valence-electron chi connectivity index (χ2n) is 10.8. The minimum atomic E-state index is -0.883. The summed E-state index contributed by atoms with van der Waals surface area (Å²) < 4.78 is 17.2. The van der Waals surface area contributed by atoms with Crippen molar-refractivity contribution in [2.24, 2.45) is 17.8 Å². The lowest BCUT2D eigenvalue weighted by Crippen LogP contribution is -2.63. The smallest absolute Gasteiger partial charge is 0.326 e. The Morgan fingerprint density at radius 3 is 2.78 bits per heavy atom. The fraction of sp³-hybridized carbons (Fsp3) is 0.720. The van der Waals surface area contributed by atoms with E-state index in [1.807, 2.05) is 6.92 Å². The van der Waals surface area contributed by atoms with Crippen molar-refractivity contribution in [2.45, 2.75) is 69.2 Å². The third-order valence-electron chi connectivity index (χ3n) is 8.96. The molecule has 7 nitrogen and oxygen atoms in total. The topological polar surface area (TPSA) is 80.3 Å². The van der Waals surface area contributed by atoms with Crippen LogP contribution in [-0.4, -0.2) is 60.7 Å². The molecule has 2 saturated heterocycles. The summed E-state index contributed by atoms with van der Waals surface area (Å²) in [6, 6.07) is 4.53. The van der Waals surface area contributed by atoms with E-state index in [-0.39, 0.29) is 48.0 Å². The van der Waals surface area contributed by atoms with Gasteiger partial charge in [0, 0.05) is 23.4 Å². The molecule has 3 fully saturated rings. The molecule has 0 unspecified atom stereocenters. The van der Waals surface area contributed by atoms with Gasteiger partial charge in [-0.25, -0.2) is 0 Å². The van der Waals surface area contributed by atoms with E-state index in [1.54, 1.807) is 0 Å². The van der Waals surface area contributed by atoms with Crippen molar-refractivity contribution in [3.05, 3.63) is 23.3 Å². The summed E-state index contributed by atoms with van der Waals surface area (Å²) in [6.07, 6.45) is 1.77. The molecule has 32 heavy (non-hydrogen) atoms. The predicted molar refractivity (Wildman–Crippen MR) is 118 cm³/mol. The number of carbonyl (C=O) groups is 1. The van der Waals surface area contributed by atoms with E-state index in [9.17, 15) is 9.90 Å². The summed E-state index contributed by atoms with van der Waals surface area (Å²) in [4.78, 5) is 16.0. The van der Waals surface area contributed by atoms with Crippen LogP contribution in [0, 0.1) is 17.8 Å². The third-order valence-corrected chi connectivity index (χ3v) is 8.96. The monoisotopic (exact) mass is 442 g/mol. The van der Waals surface area contributed by atoms with Gasteiger partial charge in [0.2, 0.25) is 6.79 Å². The zero-order chi connectivity index (χ0) is 22.4. The molecule has 0 aromatic heterocycles. The maximum atomic E-state index is 13.6. The van der Waals surface area contributed by atoms with E-state index >= 15 is 0 Å². The first-order valence-electron chi connectivity index (χ1n) is 12.1. The SMILES string of the molecule is CCOC(=O)[C@@]1(CC(C)C)N[C@H]2c3cc4c(cc3[C@@]35CCN(C)[C@@H]3C[C@H](O)[C@@H]1[C@@H]25)OCO4. The highest BCUT2D eigenvalue weighted by atomic mass is 16.7. The van der Waals surface area contributed by atoms with Crippen molar-refractivity contribution >= 4 is 5.97 Å². The van der Waals surface area contributed by atoms with Gasteiger partial charge in [-0.2, -0.15) is 0 Å². The molecule has 1 aromatic rings. The molecular formula is C25H34N2O5. The molecule has 3 heterocycles. The molecule has 2 N–H and O–H groups in total. The molecule has 0 amide bonds. The van der Waals surface area contributed by atoms with E-state index in [0.717, 1.165) is 24.5 Å². The fourth-order valence-electron chi connectivity index (χ4n) is 8.15. The van der Waals surface area contributed by atoms with Crippen LogP contribution in [0.5, 0.6) is 11.5 Å². The summed E-state index contributed by atoms with van der Waals surface area (Å²) in [5, 5.41) is 15.4. The summed E-state index contributed by atoms with van der Waals surface area (Å²) >= 11 is 0. The Balaban J connectivity index is 1.57. The average molecular weight is 443 g/mol. The standard InChI is InChI=1S/C25H34N2O5/c1-5-30-23(29)25(11-13(2)3)20-16(28)10-19-24(6-7-27(19)4)15-9-18-17(31-12-32-18)8-14(15)22(26-25)21(20)24/h8-9,13,16,19-22,26,28H,5-7,10-12H2,1-4H3/t16-,19+,20+,21-,22-,24-,25-/m0/s1. The van der Waals surface area contributed by atoms with Gasteiger partial charge in [0.1, 0.15) is 5.54 Å². The number of nitrogens with one attached hydrogen (secondary N) is 1. The number of rotatable bonds is 4. The highest BCUT2D eigenvalue weighted by Crippen LogP contribution is 2.69. The minimum absolute atomic E-state index is 0.0170. The van der Waals surface area contributed by atoms with Gasteiger partial charge in [0.05, 0.1) is 12.7 Å². The second-order valence-corrected chi connectivity index (χ2v) is 10.8. The van der Waals surface area contributed by atoms with Crippen LogP contribution in [0.3, 0.4) is 0 Å². The van der Waals surface area contributed by atoms with Gasteiger partial charge >= 0.3 is 5.97 Å². The Hall–Kier alpha value is -1.83. The van der Waals surface area contributed by atoms with Gasteiger partial charge in [-0.1, -0.05) is 13.8 Å². The number of benzene rings is 1. The van der Waals surface area contributed by atoms with Crippen LogP contribution in [-0.2, 0) is 14.9 Å². The van der Waals surface area contributed by atoms with Crippen LogP contribution in [0.4, 0.5) is 0 Å². The zero-order valence-corrected chi connectivity index (χ0v) is 19.4. The van der Waals surface area contributed by atoms with E-state index in [2.05, 4.69) is 43.2 Å². The lowest BCUT2D eigenvalue weighted by atomic mass is 9.55. The summed E-state index contributed by atoms with van der Waals surface area (Å²) in [6.45, 7) is 7.70. The number of hydrogen-bond acceptors (Lipinski definition) is 7. The van der Waals surface area contributed by atoms with Gasteiger partial charge in [0.15, 0.2) is 11.5 Å². The van der Waals surface area contributed by atoms with Gasteiger partial charge in [-0.15, -0.1) is 0 Å². The first kappa shape index (κ1) is 20.8. The molecule has 0 bridgehead atoms. The molecule has 2 aliphatic carbocycles. The van der Waals surface area contributed by atoms with Crippen LogP contribution < -0.4 is 14.8 Å². The molecule has 3 aliphatic heterocycles. The maximum absolute atomic E-state index is 13.6. The van der Waals surface area contributed by atoms with Gasteiger partial charge in [-0.05, 0) is 74.9 Å². The number of nitrogens with zero attached hydrogens (tertiary/aromatic N) is 1. The molecule has 0 radical (unpaired) electrons. The van der Waals surface area contributed by atoms with Gasteiger partial charge < -0.3 is 24.2 Å². The first-order valence-corrected chi connectivity index (χ1v) is 12.1. The average Bonchev–Trinajstić information content (AvgIpc) is 3.47. The van der Waals surface area contributed by atoms with Crippen LogP contribution in [0.2, 0.25) is 0 Å². The Kier molecular flexibility index (Phi) is 4.44. The molecule has 1 aromatic carbocycles. The molecule has 1 spiro atoms. The molecule has 7 heteroatoms. The largest absolute Gasteiger partial charge is 0.465 e. The molecular weight excluding hydrogens is 408 g/mol. The zero-order valence-electron chi connectivity index (χ0n) is 19.4. The summed E-state index contributed by atoms with van der Waals surface area (Å²) in [5.41, 5.74) is 1.52. The lowest BCUT2D eigenvalue weighted by Gasteiger charge is -2.51. The van der Waals surface area contributed by atoms with Crippen LogP contribution in [0.25, 0.3) is 0 Å².